The zero-order valence-electron chi connectivity index (χ0n) is 8.98. The highest BCUT2D eigenvalue weighted by Gasteiger charge is 2.27. The Balaban J connectivity index is 2.36. The molecule has 0 aliphatic heterocycles. The van der Waals surface area contributed by atoms with E-state index < -0.39 is 16.0 Å². The average molecular weight is 289 g/mol. The Morgan fingerprint density at radius 1 is 1.56 bits per heavy atom. The minimum atomic E-state index is -3.94. The van der Waals surface area contributed by atoms with Crippen LogP contribution in [0.25, 0.3) is 0 Å². The van der Waals surface area contributed by atoms with Gasteiger partial charge in [-0.15, -0.1) is 11.3 Å². The van der Waals surface area contributed by atoms with Gasteiger partial charge < -0.3 is 9.26 Å². The van der Waals surface area contributed by atoms with Gasteiger partial charge in [0.25, 0.3) is 10.0 Å². The van der Waals surface area contributed by atoms with Crippen molar-refractivity contribution in [2.24, 2.45) is 0 Å². The van der Waals surface area contributed by atoms with Crippen molar-refractivity contribution >= 4 is 33.1 Å². The molecule has 10 heteroatoms. The largest absolute Gasteiger partial charge is 0.464 e. The number of hydrogen-bond donors (Lipinski definition) is 1. The molecule has 2 aromatic rings. The molecule has 0 unspecified atom stereocenters. The molecule has 0 amide bonds. The third-order valence-corrected chi connectivity index (χ3v) is 4.56. The fourth-order valence-electron chi connectivity index (χ4n) is 1.11. The van der Waals surface area contributed by atoms with Crippen LogP contribution in [0, 0.1) is 0 Å². The molecule has 1 N–H and O–H groups in total. The van der Waals surface area contributed by atoms with Crippen LogP contribution in [0.15, 0.2) is 26.6 Å². The summed E-state index contributed by atoms with van der Waals surface area (Å²) in [6.45, 7) is 0. The first-order valence-corrected chi connectivity index (χ1v) is 6.86. The van der Waals surface area contributed by atoms with E-state index in [9.17, 15) is 13.2 Å². The lowest BCUT2D eigenvalue weighted by molar-refractivity contribution is 0.0590. The Morgan fingerprint density at radius 3 is 2.94 bits per heavy atom. The summed E-state index contributed by atoms with van der Waals surface area (Å²) in [4.78, 5) is 15.0. The Bertz CT molecular complexity index is 646. The number of carbonyl (C=O) groups excluding carboxylic acids is 1. The van der Waals surface area contributed by atoms with E-state index in [-0.39, 0.29) is 15.7 Å². The van der Waals surface area contributed by atoms with Crippen molar-refractivity contribution in [3.63, 3.8) is 0 Å². The second kappa shape index (κ2) is 4.74. The number of thiazole rings is 1. The molecular formula is C8H7N3O5S2. The topological polar surface area (TPSA) is 111 Å². The van der Waals surface area contributed by atoms with Gasteiger partial charge in [0.2, 0.25) is 0 Å². The van der Waals surface area contributed by atoms with Gasteiger partial charge in [-0.05, 0) is 0 Å². The second-order valence-corrected chi connectivity index (χ2v) is 5.70. The highest BCUT2D eigenvalue weighted by molar-refractivity contribution is 7.94. The second-order valence-electron chi connectivity index (χ2n) is 2.97. The Kier molecular flexibility index (Phi) is 3.30. The number of aromatic nitrogens is 2. The third kappa shape index (κ3) is 2.33. The summed E-state index contributed by atoms with van der Waals surface area (Å²) >= 11 is 0.801. The van der Waals surface area contributed by atoms with Gasteiger partial charge in [0, 0.05) is 6.07 Å². The van der Waals surface area contributed by atoms with Gasteiger partial charge in [-0.3, -0.25) is 4.72 Å². The number of sulfonamides is 1. The maximum Gasteiger partial charge on any atom is 0.358 e. The van der Waals surface area contributed by atoms with Crippen LogP contribution in [0.3, 0.4) is 0 Å². The van der Waals surface area contributed by atoms with E-state index in [4.69, 9.17) is 0 Å². The normalized spacial score (nSPS) is 11.2. The highest BCUT2D eigenvalue weighted by atomic mass is 32.2. The molecule has 0 aromatic carbocycles. The number of esters is 1. The highest BCUT2D eigenvalue weighted by Crippen LogP contribution is 2.23. The number of hydrogen-bond acceptors (Lipinski definition) is 8. The van der Waals surface area contributed by atoms with Gasteiger partial charge in [-0.1, -0.05) is 5.16 Å². The van der Waals surface area contributed by atoms with Crippen molar-refractivity contribution in [1.82, 2.24) is 10.1 Å². The lowest BCUT2D eigenvalue weighted by Gasteiger charge is -2.03. The van der Waals surface area contributed by atoms with Crippen LogP contribution in [0.2, 0.25) is 0 Å². The van der Waals surface area contributed by atoms with Crippen LogP contribution in [0.4, 0.5) is 5.82 Å². The van der Waals surface area contributed by atoms with Crippen molar-refractivity contribution in [3.8, 4) is 0 Å². The molecule has 2 aromatic heterocycles. The standard InChI is InChI=1S/C8H7N3O5S2/c1-15-7(12)6-8(17-4-9-6)18(13,14)11-5-2-3-16-10-5/h2-4H,1H3,(H,10,11). The summed E-state index contributed by atoms with van der Waals surface area (Å²) in [6, 6.07) is 1.33. The number of nitrogens with one attached hydrogen (secondary N) is 1. The lowest BCUT2D eigenvalue weighted by atomic mass is 10.5. The summed E-state index contributed by atoms with van der Waals surface area (Å²) in [5.74, 6) is -0.809. The summed E-state index contributed by atoms with van der Waals surface area (Å²) in [5, 5.41) is 3.41. The van der Waals surface area contributed by atoms with Gasteiger partial charge in [-0.25, -0.2) is 18.2 Å². The van der Waals surface area contributed by atoms with Gasteiger partial charge in [-0.2, -0.15) is 0 Å². The van der Waals surface area contributed by atoms with Crippen LogP contribution >= 0.6 is 11.3 Å². The molecule has 18 heavy (non-hydrogen) atoms. The van der Waals surface area contributed by atoms with Crippen molar-refractivity contribution < 1.29 is 22.5 Å². The predicted octanol–water partition coefficient (Wildman–Crippen LogP) is 0.718. The van der Waals surface area contributed by atoms with Crippen molar-refractivity contribution in [1.29, 1.82) is 0 Å². The fourth-order valence-corrected chi connectivity index (χ4v) is 3.23. The van der Waals surface area contributed by atoms with Crippen LogP contribution in [0.1, 0.15) is 10.5 Å². The monoisotopic (exact) mass is 289 g/mol. The molecule has 0 fully saturated rings. The Labute approximate surface area is 106 Å². The molecule has 0 aliphatic rings. The predicted molar refractivity (Wildman–Crippen MR) is 60.8 cm³/mol. The van der Waals surface area contributed by atoms with Crippen LogP contribution < -0.4 is 4.72 Å². The maximum atomic E-state index is 12.0. The van der Waals surface area contributed by atoms with E-state index in [1.807, 2.05) is 0 Å². The third-order valence-electron chi connectivity index (χ3n) is 1.83. The number of ether oxygens (including phenoxy) is 1. The van der Waals surface area contributed by atoms with Gasteiger partial charge in [0.1, 0.15) is 6.26 Å². The van der Waals surface area contributed by atoms with E-state index in [1.165, 1.54) is 17.8 Å². The molecule has 2 heterocycles. The summed E-state index contributed by atoms with van der Waals surface area (Å²) < 4.78 is 34.8. The molecule has 8 nitrogen and oxygen atoms in total. The summed E-state index contributed by atoms with van der Waals surface area (Å²) in [5.41, 5.74) is 0.974. The van der Waals surface area contributed by atoms with Crippen LogP contribution in [0.5, 0.6) is 0 Å². The molecule has 0 radical (unpaired) electrons. The number of nitrogens with zero attached hydrogens (tertiary/aromatic N) is 2. The number of carbonyl (C=O) groups is 1. The Morgan fingerprint density at radius 2 is 2.33 bits per heavy atom. The minimum Gasteiger partial charge on any atom is -0.464 e. The first-order chi connectivity index (χ1) is 8.54. The van der Waals surface area contributed by atoms with E-state index in [1.54, 1.807) is 0 Å². The van der Waals surface area contributed by atoms with Crippen molar-refractivity contribution in [2.45, 2.75) is 4.21 Å². The molecular weight excluding hydrogens is 282 g/mol. The molecule has 0 atom stereocenters. The van der Waals surface area contributed by atoms with E-state index in [0.29, 0.717) is 0 Å². The molecule has 0 saturated carbocycles. The lowest BCUT2D eigenvalue weighted by Crippen LogP contribution is -2.16. The minimum absolute atomic E-state index is 0.0132. The SMILES string of the molecule is COC(=O)c1ncsc1S(=O)(=O)Nc1ccon1. The summed E-state index contributed by atoms with van der Waals surface area (Å²) in [7, 11) is -2.80. The number of rotatable bonds is 4. The zero-order chi connectivity index (χ0) is 13.2. The quantitative estimate of drug-likeness (QED) is 0.825. The molecule has 2 rings (SSSR count). The molecule has 0 saturated heterocycles. The van der Waals surface area contributed by atoms with Crippen molar-refractivity contribution in [3.05, 3.63) is 23.5 Å². The van der Waals surface area contributed by atoms with Crippen LogP contribution in [-0.4, -0.2) is 31.6 Å². The fraction of sp³-hybridized carbons (Fsp3) is 0.125. The maximum absolute atomic E-state index is 12.0. The molecule has 0 bridgehead atoms. The number of anilines is 1. The Hall–Kier alpha value is -1.94. The van der Waals surface area contributed by atoms with Gasteiger partial charge >= 0.3 is 5.97 Å². The smallest absolute Gasteiger partial charge is 0.358 e. The average Bonchev–Trinajstić information content (AvgIpc) is 2.97. The first-order valence-electron chi connectivity index (χ1n) is 4.49. The van der Waals surface area contributed by atoms with Crippen molar-refractivity contribution in [2.75, 3.05) is 11.8 Å². The molecule has 0 aliphatic carbocycles. The zero-order valence-corrected chi connectivity index (χ0v) is 10.6. The van der Waals surface area contributed by atoms with E-state index in [0.717, 1.165) is 18.4 Å². The first kappa shape index (κ1) is 12.5. The van der Waals surface area contributed by atoms with Gasteiger partial charge in [0.05, 0.1) is 12.6 Å². The number of methoxy groups -OCH3 is 1. The van der Waals surface area contributed by atoms with E-state index >= 15 is 0 Å². The summed E-state index contributed by atoms with van der Waals surface area (Å²) in [6.07, 6.45) is 1.21. The molecule has 0 spiro atoms. The van der Waals surface area contributed by atoms with E-state index in [2.05, 4.69) is 24.1 Å². The molecule has 96 valence electrons. The van der Waals surface area contributed by atoms with Gasteiger partial charge in [0.15, 0.2) is 15.7 Å². The van der Waals surface area contributed by atoms with Crippen LogP contribution in [-0.2, 0) is 14.8 Å².